The van der Waals surface area contributed by atoms with E-state index in [1.165, 1.54) is 36.9 Å². The molecular weight excluding hydrogens is 460 g/mol. The lowest BCUT2D eigenvalue weighted by molar-refractivity contribution is 0.122. The summed E-state index contributed by atoms with van der Waals surface area (Å²) in [4.78, 5) is 12.2. The molecule has 1 saturated heterocycles. The molecule has 2 aromatic carbocycles. The van der Waals surface area contributed by atoms with Crippen LogP contribution in [-0.4, -0.2) is 45.4 Å². The quantitative estimate of drug-likeness (QED) is 0.348. The Labute approximate surface area is 211 Å². The van der Waals surface area contributed by atoms with Crippen LogP contribution in [0.15, 0.2) is 36.7 Å². The fourth-order valence-corrected chi connectivity index (χ4v) is 5.89. The Morgan fingerprint density at radius 2 is 1.89 bits per heavy atom. The average molecular weight is 493 g/mol. The number of rotatable bonds is 6. The van der Waals surface area contributed by atoms with Crippen LogP contribution in [0.4, 0.5) is 11.4 Å². The molecule has 0 spiro atoms. The molecule has 6 rings (SSSR count). The van der Waals surface area contributed by atoms with Crippen molar-refractivity contribution >= 4 is 45.0 Å². The van der Waals surface area contributed by atoms with Gasteiger partial charge in [0.05, 0.1) is 48.3 Å². The molecule has 0 bridgehead atoms. The maximum Gasteiger partial charge on any atom is 0.129 e. The van der Waals surface area contributed by atoms with Crippen LogP contribution in [0.2, 0.25) is 5.02 Å². The van der Waals surface area contributed by atoms with E-state index in [1.54, 1.807) is 0 Å². The lowest BCUT2D eigenvalue weighted by Crippen LogP contribution is -2.36. The number of anilines is 2. The van der Waals surface area contributed by atoms with E-state index in [4.69, 9.17) is 26.3 Å². The summed E-state index contributed by atoms with van der Waals surface area (Å²) in [5, 5.41) is 4.44. The number of morpholine rings is 1. The van der Waals surface area contributed by atoms with Gasteiger partial charge in [-0.2, -0.15) is 0 Å². The molecule has 1 saturated carbocycles. The van der Waals surface area contributed by atoms with Crippen molar-refractivity contribution in [2.24, 2.45) is 0 Å². The molecule has 2 aromatic heterocycles. The molecule has 2 aliphatic rings. The number of ether oxygens (including phenoxy) is 1. The fraction of sp³-hybridized carbons (Fsp3) is 0.481. The first kappa shape index (κ1) is 22.7. The summed E-state index contributed by atoms with van der Waals surface area (Å²) in [5.41, 5.74) is 6.57. The number of hydrogen-bond donors (Lipinski definition) is 1. The molecule has 35 heavy (non-hydrogen) atoms. The van der Waals surface area contributed by atoms with Crippen molar-refractivity contribution in [3.05, 3.63) is 47.5 Å². The Bertz CT molecular complexity index is 1350. The molecule has 1 aliphatic heterocycles. The van der Waals surface area contributed by atoms with Crippen molar-refractivity contribution in [1.82, 2.24) is 19.1 Å². The Hall–Kier alpha value is -2.77. The normalized spacial score (nSPS) is 17.3. The number of nitrogens with one attached hydrogen (secondary N) is 1. The van der Waals surface area contributed by atoms with Crippen LogP contribution in [-0.2, 0) is 11.3 Å². The van der Waals surface area contributed by atoms with E-state index < -0.39 is 0 Å². The van der Waals surface area contributed by atoms with Crippen LogP contribution >= 0.6 is 11.6 Å². The van der Waals surface area contributed by atoms with Gasteiger partial charge in [-0.1, -0.05) is 24.4 Å². The molecular formula is C27H33ClN6O. The smallest absolute Gasteiger partial charge is 0.129 e. The first-order chi connectivity index (χ1) is 17.1. The van der Waals surface area contributed by atoms with E-state index in [9.17, 15) is 0 Å². The van der Waals surface area contributed by atoms with Crippen LogP contribution in [0.3, 0.4) is 0 Å². The Morgan fingerprint density at radius 1 is 1.09 bits per heavy atom. The number of aromatic nitrogens is 4. The number of nitrogens with zero attached hydrogens (tertiary/aromatic N) is 5. The molecule has 0 atom stereocenters. The van der Waals surface area contributed by atoms with Crippen LogP contribution in [0.5, 0.6) is 0 Å². The lowest BCUT2D eigenvalue weighted by Gasteiger charge is -2.29. The summed E-state index contributed by atoms with van der Waals surface area (Å²) in [6, 6.07) is 11.3. The highest BCUT2D eigenvalue weighted by molar-refractivity contribution is 6.31. The van der Waals surface area contributed by atoms with E-state index in [-0.39, 0.29) is 6.04 Å². The summed E-state index contributed by atoms with van der Waals surface area (Å²) in [6.07, 6.45) is 7.11. The van der Waals surface area contributed by atoms with Gasteiger partial charge in [0.15, 0.2) is 0 Å². The van der Waals surface area contributed by atoms with E-state index >= 15 is 0 Å². The summed E-state index contributed by atoms with van der Waals surface area (Å²) in [6.45, 7) is 8.34. The second-order valence-corrected chi connectivity index (χ2v) is 10.5. The number of halogens is 1. The highest BCUT2D eigenvalue weighted by Gasteiger charge is 2.22. The standard InChI is InChI=1S/C27H33ClN6O/c1-18(2)34-24-13-19(28)7-8-22(24)31-26(34)16-29-23-14-21(32-9-11-35-12-10-32)15-25-27(23)30-17-33(25)20-5-3-4-6-20/h7-8,13-15,17-18,20,29H,3-6,9-12,16H2,1-2H3. The average Bonchev–Trinajstić information content (AvgIpc) is 3.60. The van der Waals surface area contributed by atoms with Crippen LogP contribution in [0, 0.1) is 0 Å². The summed E-state index contributed by atoms with van der Waals surface area (Å²) in [5.74, 6) is 0.998. The lowest BCUT2D eigenvalue weighted by atomic mass is 10.1. The molecule has 8 heteroatoms. The van der Waals surface area contributed by atoms with Gasteiger partial charge in [-0.15, -0.1) is 0 Å². The summed E-state index contributed by atoms with van der Waals surface area (Å²) < 4.78 is 10.3. The number of benzene rings is 2. The Morgan fingerprint density at radius 3 is 2.66 bits per heavy atom. The highest BCUT2D eigenvalue weighted by atomic mass is 35.5. The predicted molar refractivity (Wildman–Crippen MR) is 143 cm³/mol. The predicted octanol–water partition coefficient (Wildman–Crippen LogP) is 6.18. The van der Waals surface area contributed by atoms with Crippen molar-refractivity contribution in [2.75, 3.05) is 36.5 Å². The SMILES string of the molecule is CC(C)n1c(CNc2cc(N3CCOCC3)cc3c2ncn3C2CCCC2)nc2ccc(Cl)cc21. The minimum Gasteiger partial charge on any atom is -0.378 e. The maximum absolute atomic E-state index is 6.31. The van der Waals surface area contributed by atoms with Crippen molar-refractivity contribution in [1.29, 1.82) is 0 Å². The van der Waals surface area contributed by atoms with Gasteiger partial charge in [-0.3, -0.25) is 0 Å². The van der Waals surface area contributed by atoms with E-state index in [1.807, 2.05) is 24.5 Å². The Balaban J connectivity index is 1.39. The second-order valence-electron chi connectivity index (χ2n) is 10.0. The molecule has 0 radical (unpaired) electrons. The first-order valence-electron chi connectivity index (χ1n) is 12.8. The van der Waals surface area contributed by atoms with Gasteiger partial charge in [0.25, 0.3) is 0 Å². The molecule has 1 N–H and O–H groups in total. The zero-order valence-corrected chi connectivity index (χ0v) is 21.3. The molecule has 0 unspecified atom stereocenters. The van der Waals surface area contributed by atoms with Crippen LogP contribution < -0.4 is 10.2 Å². The van der Waals surface area contributed by atoms with Crippen molar-refractivity contribution in [3.8, 4) is 0 Å². The minimum absolute atomic E-state index is 0.275. The largest absolute Gasteiger partial charge is 0.378 e. The van der Waals surface area contributed by atoms with Crippen molar-refractivity contribution in [2.45, 2.75) is 58.2 Å². The maximum atomic E-state index is 6.31. The molecule has 3 heterocycles. The zero-order valence-electron chi connectivity index (χ0n) is 20.5. The third-order valence-electron chi connectivity index (χ3n) is 7.44. The number of fused-ring (bicyclic) bond motifs is 2. The summed E-state index contributed by atoms with van der Waals surface area (Å²) in [7, 11) is 0. The van der Waals surface area contributed by atoms with E-state index in [2.05, 4.69) is 45.3 Å². The third-order valence-corrected chi connectivity index (χ3v) is 7.67. The van der Waals surface area contributed by atoms with Crippen LogP contribution in [0.25, 0.3) is 22.1 Å². The van der Waals surface area contributed by atoms with Gasteiger partial charge in [0.2, 0.25) is 0 Å². The molecule has 184 valence electrons. The van der Waals surface area contributed by atoms with Gasteiger partial charge in [-0.05, 0) is 57.0 Å². The topological polar surface area (TPSA) is 60.1 Å². The van der Waals surface area contributed by atoms with Crippen molar-refractivity contribution in [3.63, 3.8) is 0 Å². The Kier molecular flexibility index (Phi) is 6.06. The molecule has 2 fully saturated rings. The van der Waals surface area contributed by atoms with Gasteiger partial charge in [0, 0.05) is 35.9 Å². The van der Waals surface area contributed by atoms with Gasteiger partial charge in [0.1, 0.15) is 11.3 Å². The van der Waals surface area contributed by atoms with E-state index in [0.29, 0.717) is 12.6 Å². The zero-order chi connectivity index (χ0) is 23.9. The van der Waals surface area contributed by atoms with Gasteiger partial charge >= 0.3 is 0 Å². The highest BCUT2D eigenvalue weighted by Crippen LogP contribution is 2.36. The first-order valence-corrected chi connectivity index (χ1v) is 13.2. The monoisotopic (exact) mass is 492 g/mol. The van der Waals surface area contributed by atoms with Gasteiger partial charge < -0.3 is 24.1 Å². The third kappa shape index (κ3) is 4.25. The molecule has 4 aromatic rings. The fourth-order valence-electron chi connectivity index (χ4n) is 5.72. The number of imidazole rings is 2. The van der Waals surface area contributed by atoms with Crippen LogP contribution in [0.1, 0.15) is 57.4 Å². The van der Waals surface area contributed by atoms with E-state index in [0.717, 1.165) is 59.4 Å². The number of hydrogen-bond acceptors (Lipinski definition) is 5. The minimum atomic E-state index is 0.275. The van der Waals surface area contributed by atoms with Crippen molar-refractivity contribution < 1.29 is 4.74 Å². The van der Waals surface area contributed by atoms with Gasteiger partial charge in [-0.25, -0.2) is 9.97 Å². The summed E-state index contributed by atoms with van der Waals surface area (Å²) >= 11 is 6.31. The molecule has 1 aliphatic carbocycles. The molecule has 0 amide bonds. The second kappa shape index (κ2) is 9.36. The molecule has 7 nitrogen and oxygen atoms in total.